The second-order valence-corrected chi connectivity index (χ2v) is 5.71. The maximum atomic E-state index is 11.0. The van der Waals surface area contributed by atoms with Gasteiger partial charge >= 0.3 is 5.97 Å². The number of hydrogen-bond acceptors (Lipinski definition) is 5. The largest absolute Gasteiger partial charge is 0.427 e. The van der Waals surface area contributed by atoms with Gasteiger partial charge in [-0.3, -0.25) is 4.79 Å². The van der Waals surface area contributed by atoms with E-state index in [9.17, 15) is 4.79 Å². The fraction of sp³-hybridized carbons (Fsp3) is 0.150. The Morgan fingerprint density at radius 2 is 1.64 bits per heavy atom. The van der Waals surface area contributed by atoms with Gasteiger partial charge in [0.15, 0.2) is 0 Å². The second kappa shape index (κ2) is 7.57. The zero-order valence-electron chi connectivity index (χ0n) is 14.2. The molecule has 0 bridgehead atoms. The smallest absolute Gasteiger partial charge is 0.308 e. The third kappa shape index (κ3) is 4.41. The topological polar surface area (TPSA) is 55.3 Å². The van der Waals surface area contributed by atoms with Crippen molar-refractivity contribution in [1.82, 2.24) is 9.97 Å². The highest BCUT2D eigenvalue weighted by Gasteiger charge is 2.12. The molecule has 0 aliphatic carbocycles. The second-order valence-electron chi connectivity index (χ2n) is 5.71. The Morgan fingerprint density at radius 3 is 2.24 bits per heavy atom. The van der Waals surface area contributed by atoms with Crippen LogP contribution in [0.5, 0.6) is 5.75 Å². The van der Waals surface area contributed by atoms with E-state index in [1.54, 1.807) is 30.6 Å². The molecule has 0 saturated carbocycles. The van der Waals surface area contributed by atoms with Crippen LogP contribution < -0.4 is 9.64 Å². The van der Waals surface area contributed by atoms with E-state index in [1.165, 1.54) is 12.5 Å². The first-order valence-electron chi connectivity index (χ1n) is 8.00. The van der Waals surface area contributed by atoms with Crippen molar-refractivity contribution in [3.8, 4) is 5.75 Å². The monoisotopic (exact) mass is 333 g/mol. The predicted molar refractivity (Wildman–Crippen MR) is 96.8 cm³/mol. The minimum Gasteiger partial charge on any atom is -0.427 e. The van der Waals surface area contributed by atoms with Crippen LogP contribution in [-0.2, 0) is 11.3 Å². The van der Waals surface area contributed by atoms with Gasteiger partial charge in [0.2, 0.25) is 5.95 Å². The molecule has 3 rings (SSSR count). The molecule has 1 aromatic heterocycles. The highest BCUT2D eigenvalue weighted by molar-refractivity contribution is 5.69. The van der Waals surface area contributed by atoms with Crippen LogP contribution in [0.4, 0.5) is 11.6 Å². The molecule has 0 atom stereocenters. The molecule has 0 fully saturated rings. The van der Waals surface area contributed by atoms with Gasteiger partial charge < -0.3 is 9.64 Å². The molecule has 0 spiro atoms. The highest BCUT2D eigenvalue weighted by atomic mass is 16.5. The molecule has 0 radical (unpaired) electrons. The summed E-state index contributed by atoms with van der Waals surface area (Å²) in [5.41, 5.74) is 3.27. The van der Waals surface area contributed by atoms with Crippen LogP contribution in [0.2, 0.25) is 0 Å². The van der Waals surface area contributed by atoms with Gasteiger partial charge in [-0.1, -0.05) is 29.8 Å². The molecule has 5 nitrogen and oxygen atoms in total. The number of rotatable bonds is 5. The van der Waals surface area contributed by atoms with Gasteiger partial charge in [0.05, 0.1) is 6.54 Å². The van der Waals surface area contributed by atoms with Crippen LogP contribution in [0.15, 0.2) is 67.0 Å². The van der Waals surface area contributed by atoms with Crippen molar-refractivity contribution in [3.63, 3.8) is 0 Å². The maximum Gasteiger partial charge on any atom is 0.308 e. The lowest BCUT2D eigenvalue weighted by atomic mass is 10.1. The quantitative estimate of drug-likeness (QED) is 0.521. The van der Waals surface area contributed by atoms with Crippen molar-refractivity contribution in [1.29, 1.82) is 0 Å². The third-order valence-corrected chi connectivity index (χ3v) is 3.66. The Bertz CT molecular complexity index is 831. The molecule has 5 heteroatoms. The van der Waals surface area contributed by atoms with Crippen molar-refractivity contribution >= 4 is 17.6 Å². The number of nitrogens with zero attached hydrogens (tertiary/aromatic N) is 3. The Morgan fingerprint density at radius 1 is 1.00 bits per heavy atom. The zero-order valence-corrected chi connectivity index (χ0v) is 14.2. The molecule has 0 aliphatic heterocycles. The number of carbonyl (C=O) groups is 1. The lowest BCUT2D eigenvalue weighted by Gasteiger charge is -2.23. The van der Waals surface area contributed by atoms with Crippen molar-refractivity contribution in [2.45, 2.75) is 20.4 Å². The molecule has 0 unspecified atom stereocenters. The van der Waals surface area contributed by atoms with Crippen molar-refractivity contribution < 1.29 is 9.53 Å². The fourth-order valence-electron chi connectivity index (χ4n) is 2.44. The number of aromatic nitrogens is 2. The summed E-state index contributed by atoms with van der Waals surface area (Å²) in [5, 5.41) is 0. The molecule has 0 aliphatic rings. The van der Waals surface area contributed by atoms with Crippen LogP contribution in [0, 0.1) is 6.92 Å². The Balaban J connectivity index is 1.87. The van der Waals surface area contributed by atoms with Gasteiger partial charge in [0.1, 0.15) is 5.75 Å². The molecule has 126 valence electrons. The normalized spacial score (nSPS) is 10.3. The Hall–Kier alpha value is -3.21. The van der Waals surface area contributed by atoms with Gasteiger partial charge in [-0.25, -0.2) is 9.97 Å². The fourth-order valence-corrected chi connectivity index (χ4v) is 2.44. The van der Waals surface area contributed by atoms with Crippen molar-refractivity contribution in [2.24, 2.45) is 0 Å². The summed E-state index contributed by atoms with van der Waals surface area (Å²) >= 11 is 0. The molecule has 2 aromatic carbocycles. The molecular weight excluding hydrogens is 314 g/mol. The summed E-state index contributed by atoms with van der Waals surface area (Å²) in [6.07, 6.45) is 3.46. The molecule has 0 saturated heterocycles. The average Bonchev–Trinajstić information content (AvgIpc) is 2.62. The lowest BCUT2D eigenvalue weighted by Crippen LogP contribution is -2.18. The number of esters is 1. The van der Waals surface area contributed by atoms with E-state index in [2.05, 4.69) is 41.2 Å². The van der Waals surface area contributed by atoms with Crippen LogP contribution in [0.25, 0.3) is 0 Å². The molecule has 1 heterocycles. The Labute approximate surface area is 146 Å². The summed E-state index contributed by atoms with van der Waals surface area (Å²) in [6.45, 7) is 4.05. The number of aryl methyl sites for hydroxylation is 1. The predicted octanol–water partition coefficient (Wildman–Crippen LogP) is 4.05. The third-order valence-electron chi connectivity index (χ3n) is 3.66. The average molecular weight is 333 g/mol. The summed E-state index contributed by atoms with van der Waals surface area (Å²) in [7, 11) is 0. The molecular formula is C20H19N3O2. The minimum absolute atomic E-state index is 0.327. The Kier molecular flexibility index (Phi) is 5.04. The van der Waals surface area contributed by atoms with Crippen LogP contribution in [-0.4, -0.2) is 15.9 Å². The van der Waals surface area contributed by atoms with E-state index in [4.69, 9.17) is 4.74 Å². The standard InChI is InChI=1S/C20H19N3O2/c1-15-4-8-18(9-5-15)23(20-21-12-3-13-22-20)14-17-6-10-19(11-7-17)25-16(2)24/h3-13H,14H2,1-2H3. The van der Waals surface area contributed by atoms with Gasteiger partial charge in [-0.2, -0.15) is 0 Å². The van der Waals surface area contributed by atoms with Crippen molar-refractivity contribution in [2.75, 3.05) is 4.90 Å². The molecule has 0 N–H and O–H groups in total. The van der Waals surface area contributed by atoms with Gasteiger partial charge in [0.25, 0.3) is 0 Å². The molecule has 0 amide bonds. The van der Waals surface area contributed by atoms with E-state index in [1.807, 2.05) is 17.0 Å². The first-order chi connectivity index (χ1) is 12.1. The van der Waals surface area contributed by atoms with E-state index in [0.717, 1.165) is 11.3 Å². The maximum absolute atomic E-state index is 11.0. The van der Waals surface area contributed by atoms with Gasteiger partial charge in [-0.15, -0.1) is 0 Å². The SMILES string of the molecule is CC(=O)Oc1ccc(CN(c2ccc(C)cc2)c2ncccn2)cc1. The summed E-state index contributed by atoms with van der Waals surface area (Å²) in [6, 6.07) is 17.5. The van der Waals surface area contributed by atoms with E-state index in [-0.39, 0.29) is 5.97 Å². The number of anilines is 2. The van der Waals surface area contributed by atoms with E-state index < -0.39 is 0 Å². The number of hydrogen-bond donors (Lipinski definition) is 0. The highest BCUT2D eigenvalue weighted by Crippen LogP contribution is 2.25. The first-order valence-corrected chi connectivity index (χ1v) is 8.00. The van der Waals surface area contributed by atoms with E-state index >= 15 is 0 Å². The van der Waals surface area contributed by atoms with Crippen LogP contribution >= 0.6 is 0 Å². The number of benzene rings is 2. The molecule has 3 aromatic rings. The minimum atomic E-state index is -0.327. The number of carbonyl (C=O) groups excluding carboxylic acids is 1. The van der Waals surface area contributed by atoms with Crippen LogP contribution in [0.3, 0.4) is 0 Å². The van der Waals surface area contributed by atoms with Gasteiger partial charge in [-0.05, 0) is 42.8 Å². The lowest BCUT2D eigenvalue weighted by molar-refractivity contribution is -0.131. The summed E-state index contributed by atoms with van der Waals surface area (Å²) in [5.74, 6) is 0.844. The van der Waals surface area contributed by atoms with E-state index in [0.29, 0.717) is 18.2 Å². The van der Waals surface area contributed by atoms with Crippen molar-refractivity contribution in [3.05, 3.63) is 78.1 Å². The van der Waals surface area contributed by atoms with Crippen LogP contribution in [0.1, 0.15) is 18.1 Å². The van der Waals surface area contributed by atoms with Gasteiger partial charge in [0, 0.05) is 25.0 Å². The zero-order chi connectivity index (χ0) is 17.6. The first kappa shape index (κ1) is 16.6. The number of ether oxygens (including phenoxy) is 1. The summed E-state index contributed by atoms with van der Waals surface area (Å²) < 4.78 is 5.08. The molecule has 25 heavy (non-hydrogen) atoms. The summed E-state index contributed by atoms with van der Waals surface area (Å²) in [4.78, 5) is 21.8.